The summed E-state index contributed by atoms with van der Waals surface area (Å²) in [7, 11) is 0. The number of rotatable bonds is 3. The highest BCUT2D eigenvalue weighted by Gasteiger charge is 2.32. The smallest absolute Gasteiger partial charge is 0.159 e. The molecule has 3 nitrogen and oxygen atoms in total. The Morgan fingerprint density at radius 3 is 2.70 bits per heavy atom. The van der Waals surface area contributed by atoms with Gasteiger partial charge in [0.15, 0.2) is 11.6 Å². The number of aliphatic hydroxyl groups excluding tert-OH is 1. The molecule has 0 radical (unpaired) electrons. The van der Waals surface area contributed by atoms with E-state index in [1.165, 1.54) is 6.07 Å². The summed E-state index contributed by atoms with van der Waals surface area (Å²) in [6.07, 6.45) is -0.0675. The topological polar surface area (TPSA) is 47.3 Å². The van der Waals surface area contributed by atoms with Crippen LogP contribution in [-0.4, -0.2) is 22.7 Å². The maximum atomic E-state index is 13.5. The van der Waals surface area contributed by atoms with E-state index in [1.807, 2.05) is 17.0 Å². The predicted octanol–water partition coefficient (Wildman–Crippen LogP) is 3.14. The van der Waals surface area contributed by atoms with Gasteiger partial charge in [-0.25, -0.2) is 8.78 Å². The van der Waals surface area contributed by atoms with Gasteiger partial charge >= 0.3 is 0 Å². The van der Waals surface area contributed by atoms with Gasteiger partial charge in [-0.05, 0) is 35.7 Å². The maximum absolute atomic E-state index is 13.5. The summed E-state index contributed by atoms with van der Waals surface area (Å²) in [5, 5.41) is 19.2. The number of hydrogen-bond acceptors (Lipinski definition) is 3. The molecule has 0 unspecified atom stereocenters. The highest BCUT2D eigenvalue weighted by atomic mass is 19.2. The van der Waals surface area contributed by atoms with Crippen molar-refractivity contribution < 1.29 is 13.9 Å². The second kappa shape index (κ2) is 6.45. The van der Waals surface area contributed by atoms with E-state index in [-0.39, 0.29) is 6.04 Å². The van der Waals surface area contributed by atoms with Crippen LogP contribution in [0.25, 0.3) is 0 Å². The number of nitriles is 1. The van der Waals surface area contributed by atoms with Crippen molar-refractivity contribution >= 4 is 0 Å². The van der Waals surface area contributed by atoms with E-state index in [0.717, 1.165) is 11.6 Å². The van der Waals surface area contributed by atoms with Gasteiger partial charge in [0, 0.05) is 19.1 Å². The molecule has 1 aliphatic heterocycles. The van der Waals surface area contributed by atoms with Gasteiger partial charge in [0.25, 0.3) is 0 Å². The summed E-state index contributed by atoms with van der Waals surface area (Å²) in [5.41, 5.74) is 2.07. The number of aliphatic hydroxyl groups is 1. The first-order valence-electron chi connectivity index (χ1n) is 7.43. The minimum absolute atomic E-state index is 0.202. The highest BCUT2D eigenvalue weighted by Crippen LogP contribution is 2.34. The minimum Gasteiger partial charge on any atom is -0.392 e. The van der Waals surface area contributed by atoms with E-state index in [1.54, 1.807) is 18.2 Å². The van der Waals surface area contributed by atoms with Crippen molar-refractivity contribution in [3.8, 4) is 6.07 Å². The zero-order chi connectivity index (χ0) is 16.4. The molecule has 2 aromatic rings. The van der Waals surface area contributed by atoms with Gasteiger partial charge in [-0.15, -0.1) is 0 Å². The molecule has 2 atom stereocenters. The Kier molecular flexibility index (Phi) is 4.37. The van der Waals surface area contributed by atoms with Crippen molar-refractivity contribution in [3.63, 3.8) is 0 Å². The molecule has 1 N–H and O–H groups in total. The van der Waals surface area contributed by atoms with Gasteiger partial charge in [-0.1, -0.05) is 24.3 Å². The van der Waals surface area contributed by atoms with E-state index in [0.29, 0.717) is 30.6 Å². The molecule has 0 spiro atoms. The van der Waals surface area contributed by atoms with Gasteiger partial charge in [-0.2, -0.15) is 5.26 Å². The lowest BCUT2D eigenvalue weighted by atomic mass is 10.0. The second-order valence-electron chi connectivity index (χ2n) is 5.78. The lowest BCUT2D eigenvalue weighted by Crippen LogP contribution is -2.24. The molecule has 1 heterocycles. The Hall–Kier alpha value is -2.29. The van der Waals surface area contributed by atoms with E-state index in [2.05, 4.69) is 6.07 Å². The number of likely N-dealkylation sites (tertiary alicyclic amines) is 1. The number of nitrogens with zero attached hydrogens (tertiary/aromatic N) is 2. The van der Waals surface area contributed by atoms with E-state index in [9.17, 15) is 19.1 Å². The van der Waals surface area contributed by atoms with Crippen LogP contribution in [0.1, 0.15) is 29.2 Å². The SMILES string of the molecule is N#Cc1ccccc1CN1C[C@H](O)C[C@H]1c1ccc(F)c(F)c1. The van der Waals surface area contributed by atoms with Crippen molar-refractivity contribution in [2.75, 3.05) is 6.54 Å². The number of β-amino-alcohol motifs (C(OH)–C–C–N with tert-alkyl or cyclic N) is 1. The first kappa shape index (κ1) is 15.6. The van der Waals surface area contributed by atoms with E-state index < -0.39 is 17.7 Å². The first-order valence-corrected chi connectivity index (χ1v) is 7.43. The molecular weight excluding hydrogens is 298 g/mol. The molecule has 0 aliphatic carbocycles. The summed E-state index contributed by atoms with van der Waals surface area (Å²) in [6.45, 7) is 0.911. The third-order valence-electron chi connectivity index (χ3n) is 4.22. The van der Waals surface area contributed by atoms with Crippen molar-refractivity contribution in [2.24, 2.45) is 0 Å². The summed E-state index contributed by atoms with van der Waals surface area (Å²) >= 11 is 0. The molecule has 1 fully saturated rings. The molecule has 118 valence electrons. The zero-order valence-corrected chi connectivity index (χ0v) is 12.4. The Labute approximate surface area is 133 Å². The Balaban J connectivity index is 1.88. The molecule has 0 saturated carbocycles. The van der Waals surface area contributed by atoms with Crippen LogP contribution in [0.15, 0.2) is 42.5 Å². The van der Waals surface area contributed by atoms with Crippen LogP contribution in [0.3, 0.4) is 0 Å². The molecule has 0 amide bonds. The van der Waals surface area contributed by atoms with Crippen LogP contribution in [0.2, 0.25) is 0 Å². The van der Waals surface area contributed by atoms with Crippen LogP contribution >= 0.6 is 0 Å². The third-order valence-corrected chi connectivity index (χ3v) is 4.22. The summed E-state index contributed by atoms with van der Waals surface area (Å²) < 4.78 is 26.6. The molecule has 2 aromatic carbocycles. The molecule has 0 aromatic heterocycles. The molecule has 5 heteroatoms. The fraction of sp³-hybridized carbons (Fsp3) is 0.278. The van der Waals surface area contributed by atoms with Crippen LogP contribution in [0, 0.1) is 23.0 Å². The van der Waals surface area contributed by atoms with Gasteiger partial charge in [0.2, 0.25) is 0 Å². The average molecular weight is 314 g/mol. The normalized spacial score (nSPS) is 21.3. The maximum Gasteiger partial charge on any atom is 0.159 e. The molecule has 1 aliphatic rings. The van der Waals surface area contributed by atoms with Crippen LogP contribution in [0.5, 0.6) is 0 Å². The van der Waals surface area contributed by atoms with E-state index in [4.69, 9.17) is 0 Å². The monoisotopic (exact) mass is 314 g/mol. The molecular formula is C18H16F2N2O. The standard InChI is InChI=1S/C18H16F2N2O/c19-16-6-5-12(7-17(16)20)18-8-15(23)11-22(18)10-14-4-2-1-3-13(14)9-21/h1-7,15,18,23H,8,10-11H2/t15-,18+/m1/s1. The van der Waals surface area contributed by atoms with Crippen LogP contribution < -0.4 is 0 Å². The fourth-order valence-corrected chi connectivity index (χ4v) is 3.11. The Morgan fingerprint density at radius 1 is 1.17 bits per heavy atom. The van der Waals surface area contributed by atoms with Crippen molar-refractivity contribution in [1.29, 1.82) is 5.26 Å². The Bertz CT molecular complexity index is 757. The van der Waals surface area contributed by atoms with Crippen molar-refractivity contribution in [3.05, 3.63) is 70.8 Å². The molecule has 23 heavy (non-hydrogen) atoms. The molecule has 1 saturated heterocycles. The lowest BCUT2D eigenvalue weighted by Gasteiger charge is -2.25. The number of halogens is 2. The van der Waals surface area contributed by atoms with Crippen LogP contribution in [-0.2, 0) is 6.54 Å². The van der Waals surface area contributed by atoms with Gasteiger partial charge < -0.3 is 5.11 Å². The summed E-state index contributed by atoms with van der Waals surface area (Å²) in [5.74, 6) is -1.77. The quantitative estimate of drug-likeness (QED) is 0.947. The minimum atomic E-state index is -0.888. The third kappa shape index (κ3) is 3.24. The van der Waals surface area contributed by atoms with E-state index >= 15 is 0 Å². The summed E-state index contributed by atoms with van der Waals surface area (Å²) in [6, 6.07) is 13.1. The van der Waals surface area contributed by atoms with Gasteiger partial charge in [-0.3, -0.25) is 4.90 Å². The van der Waals surface area contributed by atoms with Gasteiger partial charge in [0.05, 0.1) is 17.7 Å². The Morgan fingerprint density at radius 2 is 1.96 bits per heavy atom. The predicted molar refractivity (Wildman–Crippen MR) is 81.3 cm³/mol. The first-order chi connectivity index (χ1) is 11.1. The van der Waals surface area contributed by atoms with Crippen LogP contribution in [0.4, 0.5) is 8.78 Å². The largest absolute Gasteiger partial charge is 0.392 e. The molecule has 0 bridgehead atoms. The number of hydrogen-bond donors (Lipinski definition) is 1. The van der Waals surface area contributed by atoms with Gasteiger partial charge in [0.1, 0.15) is 0 Å². The second-order valence-corrected chi connectivity index (χ2v) is 5.78. The van der Waals surface area contributed by atoms with Crippen molar-refractivity contribution in [2.45, 2.75) is 25.1 Å². The summed E-state index contributed by atoms with van der Waals surface area (Å²) in [4.78, 5) is 1.99. The van der Waals surface area contributed by atoms with Crippen molar-refractivity contribution in [1.82, 2.24) is 4.90 Å². The number of benzene rings is 2. The highest BCUT2D eigenvalue weighted by molar-refractivity contribution is 5.37. The lowest BCUT2D eigenvalue weighted by molar-refractivity contribution is 0.172. The zero-order valence-electron chi connectivity index (χ0n) is 12.4. The fourth-order valence-electron chi connectivity index (χ4n) is 3.11. The average Bonchev–Trinajstić information content (AvgIpc) is 2.91. The molecule has 3 rings (SSSR count).